The Hall–Kier alpha value is -3.00. The van der Waals surface area contributed by atoms with Crippen LogP contribution in [0.3, 0.4) is 0 Å². The third-order valence-electron chi connectivity index (χ3n) is 3.81. The SMILES string of the molecule is C#CCN(Cc1ccc(F)cc1)c1c(C)cc(NC(=O)OC)cc1C. The molecule has 0 aliphatic heterocycles. The Morgan fingerprint density at radius 2 is 1.84 bits per heavy atom. The molecule has 0 aliphatic carbocycles. The van der Waals surface area contributed by atoms with Crippen molar-refractivity contribution in [3.05, 3.63) is 58.9 Å². The Morgan fingerprint density at radius 1 is 1.24 bits per heavy atom. The number of amides is 1. The molecule has 1 N–H and O–H groups in total. The van der Waals surface area contributed by atoms with E-state index in [2.05, 4.69) is 20.9 Å². The average Bonchev–Trinajstić information content (AvgIpc) is 2.56. The molecule has 5 heteroatoms. The Balaban J connectivity index is 2.32. The first-order valence-electron chi connectivity index (χ1n) is 7.83. The summed E-state index contributed by atoms with van der Waals surface area (Å²) in [6.45, 7) is 4.90. The number of ether oxygens (including phenoxy) is 1. The van der Waals surface area contributed by atoms with Gasteiger partial charge in [-0.05, 0) is 54.8 Å². The number of hydrogen-bond acceptors (Lipinski definition) is 3. The topological polar surface area (TPSA) is 41.6 Å². The molecular weight excluding hydrogens is 319 g/mol. The van der Waals surface area contributed by atoms with Crippen molar-refractivity contribution in [2.45, 2.75) is 20.4 Å². The molecule has 0 aromatic heterocycles. The monoisotopic (exact) mass is 340 g/mol. The molecule has 0 unspecified atom stereocenters. The van der Waals surface area contributed by atoms with E-state index in [-0.39, 0.29) is 5.82 Å². The lowest BCUT2D eigenvalue weighted by Crippen LogP contribution is -2.25. The van der Waals surface area contributed by atoms with Crippen molar-refractivity contribution in [3.63, 3.8) is 0 Å². The Kier molecular flexibility index (Phi) is 6.02. The fourth-order valence-electron chi connectivity index (χ4n) is 2.83. The maximum atomic E-state index is 13.1. The molecule has 25 heavy (non-hydrogen) atoms. The fourth-order valence-corrected chi connectivity index (χ4v) is 2.83. The third kappa shape index (κ3) is 4.74. The van der Waals surface area contributed by atoms with Crippen molar-refractivity contribution in [1.82, 2.24) is 0 Å². The van der Waals surface area contributed by atoms with E-state index in [0.29, 0.717) is 18.8 Å². The number of rotatable bonds is 5. The molecular formula is C20H21FN2O2. The molecule has 0 saturated heterocycles. The van der Waals surface area contributed by atoms with Crippen molar-refractivity contribution < 1.29 is 13.9 Å². The Labute approximate surface area is 147 Å². The second-order valence-corrected chi connectivity index (χ2v) is 5.76. The number of carbonyl (C=O) groups excluding carboxylic acids is 1. The molecule has 0 fully saturated rings. The zero-order chi connectivity index (χ0) is 18.4. The number of nitrogens with one attached hydrogen (secondary N) is 1. The van der Waals surface area contributed by atoms with Gasteiger partial charge in [0.25, 0.3) is 0 Å². The molecule has 0 atom stereocenters. The summed E-state index contributed by atoms with van der Waals surface area (Å²) in [6.07, 6.45) is 5.02. The third-order valence-corrected chi connectivity index (χ3v) is 3.81. The molecule has 0 saturated carbocycles. The molecule has 0 radical (unpaired) electrons. The number of anilines is 2. The smallest absolute Gasteiger partial charge is 0.411 e. The zero-order valence-corrected chi connectivity index (χ0v) is 14.6. The minimum absolute atomic E-state index is 0.266. The van der Waals surface area contributed by atoms with Gasteiger partial charge in [-0.15, -0.1) is 6.42 Å². The molecule has 0 bridgehead atoms. The Morgan fingerprint density at radius 3 is 2.36 bits per heavy atom. The number of aryl methyl sites for hydroxylation is 2. The van der Waals surface area contributed by atoms with Crippen molar-refractivity contribution in [2.24, 2.45) is 0 Å². The average molecular weight is 340 g/mol. The van der Waals surface area contributed by atoms with E-state index in [0.717, 1.165) is 22.4 Å². The van der Waals surface area contributed by atoms with Crippen LogP contribution in [0.5, 0.6) is 0 Å². The number of carbonyl (C=O) groups is 1. The molecule has 1 amide bonds. The molecule has 2 aromatic carbocycles. The van der Waals surface area contributed by atoms with E-state index >= 15 is 0 Å². The minimum Gasteiger partial charge on any atom is -0.453 e. The van der Waals surface area contributed by atoms with Crippen LogP contribution in [0.25, 0.3) is 0 Å². The van der Waals surface area contributed by atoms with Gasteiger partial charge in [0.2, 0.25) is 0 Å². The highest BCUT2D eigenvalue weighted by atomic mass is 19.1. The summed E-state index contributed by atoms with van der Waals surface area (Å²) in [4.78, 5) is 13.4. The van der Waals surface area contributed by atoms with Crippen LogP contribution in [-0.2, 0) is 11.3 Å². The van der Waals surface area contributed by atoms with Crippen LogP contribution in [-0.4, -0.2) is 19.7 Å². The highest BCUT2D eigenvalue weighted by molar-refractivity contribution is 5.85. The summed E-state index contributed by atoms with van der Waals surface area (Å²) in [6, 6.07) is 10.1. The number of methoxy groups -OCH3 is 1. The van der Waals surface area contributed by atoms with E-state index < -0.39 is 6.09 Å². The van der Waals surface area contributed by atoms with Gasteiger partial charge in [0.15, 0.2) is 0 Å². The number of hydrogen-bond donors (Lipinski definition) is 1. The Bertz CT molecular complexity index is 771. The second kappa shape index (κ2) is 8.20. The normalized spacial score (nSPS) is 10.0. The number of benzene rings is 2. The number of nitrogens with zero attached hydrogens (tertiary/aromatic N) is 1. The van der Waals surface area contributed by atoms with Gasteiger partial charge in [0.1, 0.15) is 5.82 Å². The van der Waals surface area contributed by atoms with Crippen LogP contribution in [0.15, 0.2) is 36.4 Å². The molecule has 2 rings (SSSR count). The highest BCUT2D eigenvalue weighted by Crippen LogP contribution is 2.29. The molecule has 130 valence electrons. The van der Waals surface area contributed by atoms with Gasteiger partial charge in [0.05, 0.1) is 13.7 Å². The van der Waals surface area contributed by atoms with Crippen molar-refractivity contribution >= 4 is 17.5 Å². The molecule has 0 spiro atoms. The quantitative estimate of drug-likeness (QED) is 0.827. The van der Waals surface area contributed by atoms with Gasteiger partial charge < -0.3 is 9.64 Å². The number of halogens is 1. The largest absolute Gasteiger partial charge is 0.453 e. The van der Waals surface area contributed by atoms with Crippen LogP contribution in [0.1, 0.15) is 16.7 Å². The zero-order valence-electron chi connectivity index (χ0n) is 14.6. The molecule has 4 nitrogen and oxygen atoms in total. The first-order chi connectivity index (χ1) is 11.9. The van der Waals surface area contributed by atoms with Crippen molar-refractivity contribution in [2.75, 3.05) is 23.9 Å². The lowest BCUT2D eigenvalue weighted by Gasteiger charge is -2.27. The lowest BCUT2D eigenvalue weighted by atomic mass is 10.0. The number of terminal acetylenes is 1. The van der Waals surface area contributed by atoms with E-state index in [1.807, 2.05) is 26.0 Å². The van der Waals surface area contributed by atoms with E-state index in [1.54, 1.807) is 12.1 Å². The standard InChI is InChI=1S/C20H21FN2O2/c1-5-10-23(13-16-6-8-17(21)9-7-16)19-14(2)11-18(12-15(19)3)22-20(24)25-4/h1,6-9,11-12H,10,13H2,2-4H3,(H,22,24). The molecule has 0 heterocycles. The summed E-state index contributed by atoms with van der Waals surface area (Å²) in [5, 5.41) is 2.67. The molecule has 0 aliphatic rings. The van der Waals surface area contributed by atoms with Gasteiger partial charge in [-0.25, -0.2) is 9.18 Å². The summed E-state index contributed by atoms with van der Waals surface area (Å²) in [7, 11) is 1.32. The van der Waals surface area contributed by atoms with Gasteiger partial charge >= 0.3 is 6.09 Å². The maximum Gasteiger partial charge on any atom is 0.411 e. The van der Waals surface area contributed by atoms with Crippen LogP contribution in [0, 0.1) is 32.0 Å². The predicted octanol–water partition coefficient (Wildman–Crippen LogP) is 4.26. The van der Waals surface area contributed by atoms with Gasteiger partial charge in [-0.2, -0.15) is 0 Å². The van der Waals surface area contributed by atoms with Crippen LogP contribution < -0.4 is 10.2 Å². The van der Waals surface area contributed by atoms with Gasteiger partial charge in [-0.1, -0.05) is 18.1 Å². The van der Waals surface area contributed by atoms with E-state index in [9.17, 15) is 9.18 Å². The van der Waals surface area contributed by atoms with Crippen molar-refractivity contribution in [1.29, 1.82) is 0 Å². The van der Waals surface area contributed by atoms with E-state index in [4.69, 9.17) is 6.42 Å². The molecule has 2 aromatic rings. The van der Waals surface area contributed by atoms with Crippen LogP contribution in [0.2, 0.25) is 0 Å². The summed E-state index contributed by atoms with van der Waals surface area (Å²) >= 11 is 0. The maximum absolute atomic E-state index is 13.1. The summed E-state index contributed by atoms with van der Waals surface area (Å²) < 4.78 is 17.7. The minimum atomic E-state index is -0.515. The first-order valence-corrected chi connectivity index (χ1v) is 7.83. The highest BCUT2D eigenvalue weighted by Gasteiger charge is 2.14. The second-order valence-electron chi connectivity index (χ2n) is 5.76. The summed E-state index contributed by atoms with van der Waals surface area (Å²) in [5.41, 5.74) is 4.57. The van der Waals surface area contributed by atoms with Gasteiger partial charge in [-0.3, -0.25) is 5.32 Å². The van der Waals surface area contributed by atoms with Crippen LogP contribution in [0.4, 0.5) is 20.6 Å². The fraction of sp³-hybridized carbons (Fsp3) is 0.250. The van der Waals surface area contributed by atoms with E-state index in [1.165, 1.54) is 19.2 Å². The van der Waals surface area contributed by atoms with Crippen LogP contribution >= 0.6 is 0 Å². The first kappa shape index (κ1) is 18.3. The van der Waals surface area contributed by atoms with Crippen molar-refractivity contribution in [3.8, 4) is 12.3 Å². The predicted molar refractivity (Wildman–Crippen MR) is 98.2 cm³/mol. The lowest BCUT2D eigenvalue weighted by molar-refractivity contribution is 0.187. The summed E-state index contributed by atoms with van der Waals surface area (Å²) in [5.74, 6) is 2.40. The van der Waals surface area contributed by atoms with Gasteiger partial charge in [0, 0.05) is 17.9 Å².